The minimum atomic E-state index is -0.427. The first-order valence-electron chi connectivity index (χ1n) is 14.0. The monoisotopic (exact) mass is 537 g/mol. The smallest absolute Gasteiger partial charge is 0.194 e. The van der Waals surface area contributed by atoms with Crippen molar-refractivity contribution in [3.05, 3.63) is 124 Å². The highest BCUT2D eigenvalue weighted by molar-refractivity contribution is 6.26. The molecule has 0 aliphatic heterocycles. The Bertz CT molecular complexity index is 2020. The first-order chi connectivity index (χ1) is 19.7. The van der Waals surface area contributed by atoms with Crippen LogP contribution in [0.4, 0.5) is 0 Å². The zero-order valence-corrected chi connectivity index (χ0v) is 23.9. The van der Waals surface area contributed by atoms with E-state index < -0.39 is 5.41 Å². The normalized spacial score (nSPS) is 14.2. The second kappa shape index (κ2) is 8.87. The standard InChI is InChI=1S/C36H31N3O2/c1-21-11-15-24(16-12-21)27-20-38-33-30(28(40)19-36(4,5)32(27)33)31(34(41)25-17-13-22(2)14-18-25)29-23(3)37-39(35(29)38)26-9-7-6-8-10-26/h6-18,20H,19H2,1-5H3. The summed E-state index contributed by atoms with van der Waals surface area (Å²) in [6, 6.07) is 26.1. The minimum absolute atomic E-state index is 0.00900. The fourth-order valence-electron chi connectivity index (χ4n) is 6.50. The van der Waals surface area contributed by atoms with Crippen LogP contribution in [0.2, 0.25) is 0 Å². The molecule has 0 fully saturated rings. The summed E-state index contributed by atoms with van der Waals surface area (Å²) in [6.07, 6.45) is 2.46. The van der Waals surface area contributed by atoms with E-state index in [0.717, 1.165) is 39.1 Å². The molecule has 0 saturated carbocycles. The maximum absolute atomic E-state index is 14.5. The van der Waals surface area contributed by atoms with Crippen LogP contribution in [0.25, 0.3) is 33.4 Å². The number of rotatable bonds is 4. The van der Waals surface area contributed by atoms with Crippen LogP contribution in [0.1, 0.15) is 68.9 Å². The summed E-state index contributed by atoms with van der Waals surface area (Å²) in [6.45, 7) is 10.3. The molecular formula is C36H31N3O2. The molecule has 0 unspecified atom stereocenters. The number of aromatic nitrogens is 3. The molecule has 3 heterocycles. The summed E-state index contributed by atoms with van der Waals surface area (Å²) in [5.74, 6) is -0.161. The van der Waals surface area contributed by atoms with E-state index in [1.54, 1.807) is 0 Å². The van der Waals surface area contributed by atoms with Gasteiger partial charge >= 0.3 is 0 Å². The number of aryl methyl sites for hydroxylation is 3. The second-order valence-corrected chi connectivity index (χ2v) is 12.0. The maximum Gasteiger partial charge on any atom is 0.194 e. The van der Waals surface area contributed by atoms with E-state index in [1.165, 1.54) is 5.56 Å². The van der Waals surface area contributed by atoms with Crippen LogP contribution >= 0.6 is 0 Å². The molecule has 6 aromatic rings. The molecule has 0 amide bonds. The number of hydrogen-bond donors (Lipinski definition) is 0. The fourth-order valence-corrected chi connectivity index (χ4v) is 6.50. The third-order valence-corrected chi connectivity index (χ3v) is 8.47. The highest BCUT2D eigenvalue weighted by atomic mass is 16.1. The molecule has 0 atom stereocenters. The molecule has 202 valence electrons. The van der Waals surface area contributed by atoms with Gasteiger partial charge in [-0.3, -0.25) is 14.0 Å². The van der Waals surface area contributed by atoms with Gasteiger partial charge in [-0.15, -0.1) is 0 Å². The third-order valence-electron chi connectivity index (χ3n) is 8.47. The van der Waals surface area contributed by atoms with Crippen LogP contribution < -0.4 is 0 Å². The number of carbonyl (C=O) groups excluding carboxylic acids is 2. The van der Waals surface area contributed by atoms with Crippen LogP contribution in [0, 0.1) is 20.8 Å². The van der Waals surface area contributed by atoms with E-state index in [9.17, 15) is 9.59 Å². The van der Waals surface area contributed by atoms with Crippen LogP contribution in [0.15, 0.2) is 85.1 Å². The van der Waals surface area contributed by atoms with E-state index in [-0.39, 0.29) is 11.6 Å². The predicted octanol–water partition coefficient (Wildman–Crippen LogP) is 7.97. The highest BCUT2D eigenvalue weighted by Crippen LogP contribution is 2.48. The number of para-hydroxylation sites is 1. The summed E-state index contributed by atoms with van der Waals surface area (Å²) in [5.41, 5.74) is 9.80. The van der Waals surface area contributed by atoms with Crippen molar-refractivity contribution in [3.63, 3.8) is 0 Å². The Morgan fingerprint density at radius 1 is 0.854 bits per heavy atom. The second-order valence-electron chi connectivity index (χ2n) is 12.0. The average Bonchev–Trinajstić information content (AvgIpc) is 3.52. The molecule has 5 heteroatoms. The van der Waals surface area contributed by atoms with Crippen molar-refractivity contribution in [2.24, 2.45) is 0 Å². The molecule has 1 aliphatic carbocycles. The van der Waals surface area contributed by atoms with E-state index in [1.807, 2.05) is 73.1 Å². The van der Waals surface area contributed by atoms with Gasteiger partial charge in [0.25, 0.3) is 0 Å². The SMILES string of the molecule is Cc1ccc(C(=O)c2c3c4c(c(-c5ccc(C)cc5)cn4c4c2c(C)nn4-c2ccccc2)C(C)(C)CC3=O)cc1. The van der Waals surface area contributed by atoms with Crippen LogP contribution in [-0.4, -0.2) is 25.7 Å². The van der Waals surface area contributed by atoms with Crippen molar-refractivity contribution in [1.82, 2.24) is 14.2 Å². The lowest BCUT2D eigenvalue weighted by Crippen LogP contribution is -2.29. The fraction of sp³-hybridized carbons (Fsp3) is 0.194. The first kappa shape index (κ1) is 25.2. The molecule has 0 radical (unpaired) electrons. The van der Waals surface area contributed by atoms with Gasteiger partial charge in [-0.25, -0.2) is 4.68 Å². The zero-order valence-electron chi connectivity index (χ0n) is 23.9. The number of hydrogen-bond acceptors (Lipinski definition) is 3. The molecule has 41 heavy (non-hydrogen) atoms. The molecule has 3 aromatic carbocycles. The van der Waals surface area contributed by atoms with Gasteiger partial charge in [0.05, 0.1) is 27.8 Å². The first-order valence-corrected chi connectivity index (χ1v) is 14.0. The minimum Gasteiger partial charge on any atom is -0.299 e. The molecular weight excluding hydrogens is 506 g/mol. The van der Waals surface area contributed by atoms with E-state index in [4.69, 9.17) is 5.10 Å². The predicted molar refractivity (Wildman–Crippen MR) is 164 cm³/mol. The number of fused-ring (bicyclic) bond motifs is 2. The topological polar surface area (TPSA) is 56.4 Å². The lowest BCUT2D eigenvalue weighted by atomic mass is 9.71. The molecule has 7 rings (SSSR count). The number of nitrogens with zero attached hydrogens (tertiary/aromatic N) is 3. The zero-order chi connectivity index (χ0) is 28.6. The van der Waals surface area contributed by atoms with E-state index in [2.05, 4.69) is 55.6 Å². The van der Waals surface area contributed by atoms with E-state index >= 15 is 0 Å². The number of benzene rings is 3. The lowest BCUT2D eigenvalue weighted by molar-refractivity contribution is 0.0943. The van der Waals surface area contributed by atoms with Crippen molar-refractivity contribution >= 4 is 28.1 Å². The Labute approximate surface area is 239 Å². The Balaban J connectivity index is 1.70. The Morgan fingerprint density at radius 3 is 2.15 bits per heavy atom. The van der Waals surface area contributed by atoms with Crippen molar-refractivity contribution in [1.29, 1.82) is 0 Å². The summed E-state index contributed by atoms with van der Waals surface area (Å²) in [5, 5.41) is 5.69. The summed E-state index contributed by atoms with van der Waals surface area (Å²) in [7, 11) is 0. The highest BCUT2D eigenvalue weighted by Gasteiger charge is 2.41. The van der Waals surface area contributed by atoms with Gasteiger partial charge in [-0.1, -0.05) is 91.7 Å². The lowest BCUT2D eigenvalue weighted by Gasteiger charge is -2.31. The van der Waals surface area contributed by atoms with Crippen LogP contribution in [0.3, 0.4) is 0 Å². The van der Waals surface area contributed by atoms with Crippen molar-refractivity contribution in [2.75, 3.05) is 0 Å². The quantitative estimate of drug-likeness (QED) is 0.214. The van der Waals surface area contributed by atoms with Crippen LogP contribution in [-0.2, 0) is 5.41 Å². The molecule has 0 N–H and O–H groups in total. The Hall–Kier alpha value is -4.77. The van der Waals surface area contributed by atoms with Crippen molar-refractivity contribution in [3.8, 4) is 16.8 Å². The van der Waals surface area contributed by atoms with Gasteiger partial charge in [0.2, 0.25) is 0 Å². The molecule has 0 bridgehead atoms. The Kier molecular flexibility index (Phi) is 5.45. The number of Topliss-reactive ketones (excluding diaryl/α,β-unsaturated/α-hetero) is 1. The molecule has 1 aliphatic rings. The van der Waals surface area contributed by atoms with Gasteiger partial charge < -0.3 is 0 Å². The number of pyridine rings is 1. The van der Waals surface area contributed by atoms with Crippen LogP contribution in [0.5, 0.6) is 0 Å². The Morgan fingerprint density at radius 2 is 1.49 bits per heavy atom. The van der Waals surface area contributed by atoms with Gasteiger partial charge in [-0.2, -0.15) is 5.10 Å². The van der Waals surface area contributed by atoms with Gasteiger partial charge in [-0.05, 0) is 49.4 Å². The molecule has 3 aromatic heterocycles. The number of carbonyl (C=O) groups is 2. The van der Waals surface area contributed by atoms with E-state index in [0.29, 0.717) is 34.2 Å². The van der Waals surface area contributed by atoms with Crippen molar-refractivity contribution in [2.45, 2.75) is 46.5 Å². The summed E-state index contributed by atoms with van der Waals surface area (Å²) in [4.78, 5) is 28.6. The number of ketones is 2. The van der Waals surface area contributed by atoms with Gasteiger partial charge in [0.15, 0.2) is 11.6 Å². The third kappa shape index (κ3) is 3.72. The van der Waals surface area contributed by atoms with Crippen molar-refractivity contribution < 1.29 is 9.59 Å². The van der Waals surface area contributed by atoms with Gasteiger partial charge in [0, 0.05) is 29.3 Å². The van der Waals surface area contributed by atoms with Gasteiger partial charge in [0.1, 0.15) is 5.65 Å². The molecule has 0 spiro atoms. The summed E-state index contributed by atoms with van der Waals surface area (Å²) < 4.78 is 4.03. The maximum atomic E-state index is 14.5. The molecule has 5 nitrogen and oxygen atoms in total. The average molecular weight is 538 g/mol. The molecule has 0 saturated heterocycles. The largest absolute Gasteiger partial charge is 0.299 e. The summed E-state index contributed by atoms with van der Waals surface area (Å²) >= 11 is 0.